The minimum Gasteiger partial charge on any atom is -0.539 e. The van der Waals surface area contributed by atoms with Crippen LogP contribution in [0.15, 0.2) is 55.1 Å². The molecule has 35 heavy (non-hydrogen) atoms. The number of benzene rings is 2. The maximum Gasteiger partial charge on any atom is 0.351 e. The van der Waals surface area contributed by atoms with Crippen molar-refractivity contribution in [1.82, 2.24) is 0 Å². The Bertz CT molecular complexity index is 920. The van der Waals surface area contributed by atoms with E-state index in [4.69, 9.17) is 39.6 Å². The fourth-order valence-electron chi connectivity index (χ4n) is 3.39. The predicted molar refractivity (Wildman–Crippen MR) is 125 cm³/mol. The van der Waals surface area contributed by atoms with E-state index in [2.05, 4.69) is 74.3 Å². The van der Waals surface area contributed by atoms with Crippen molar-refractivity contribution in [1.29, 1.82) is 0 Å². The molecule has 0 amide bonds. The van der Waals surface area contributed by atoms with E-state index in [1.165, 1.54) is 42.5 Å². The first-order valence-electron chi connectivity index (χ1n) is 11.2. The van der Waals surface area contributed by atoms with Gasteiger partial charge >= 0.3 is 11.9 Å². The van der Waals surface area contributed by atoms with Gasteiger partial charge in [0.15, 0.2) is 11.9 Å². The zero-order chi connectivity index (χ0) is 26.8. The standard InChI is InChI=1S/C21H30N2.2C2H2O4/c1-4-10-19(17-22-15-16-23(5-2)6-3)21-14-9-12-18-11-7-8-13-20(18)21;2*3-1(4)2(5)6/h4,7-9,11-14,19,22H,1,5-6,10,15-17H2,2-3H3;2*(H,3,4)(H,5,6)/t19-;;/m1../s1. The van der Waals surface area contributed by atoms with E-state index in [-0.39, 0.29) is 0 Å². The fraction of sp³-hybridized carbons (Fsp3) is 0.360. The van der Waals surface area contributed by atoms with Gasteiger partial charge in [-0.05, 0) is 36.6 Å². The number of aliphatic carboxylic acids is 4. The molecule has 2 aromatic rings. The third-order valence-electron chi connectivity index (χ3n) is 5.22. The van der Waals surface area contributed by atoms with E-state index in [9.17, 15) is 0 Å². The lowest BCUT2D eigenvalue weighted by molar-refractivity contribution is -0.909. The molecule has 0 aromatic heterocycles. The molecule has 0 unspecified atom stereocenters. The van der Waals surface area contributed by atoms with Gasteiger partial charge in [-0.25, -0.2) is 9.59 Å². The van der Waals surface area contributed by atoms with Gasteiger partial charge in [0.25, 0.3) is 0 Å². The molecule has 2 aromatic carbocycles. The Kier molecular flexibility index (Phi) is 15.8. The Balaban J connectivity index is 0.000000797. The SMILES string of the molecule is C=CC[C@H](C[NH2+]CC[NH+](CC)CC)c1cccc2ccccc12.O=C([O-])C(=O)O.O=C([O-])C(=O)O. The number of quaternary nitrogens is 2. The van der Waals surface area contributed by atoms with Gasteiger partial charge in [-0.3, -0.25) is 0 Å². The molecule has 0 spiro atoms. The van der Waals surface area contributed by atoms with Crippen molar-refractivity contribution in [3.8, 4) is 0 Å². The fourth-order valence-corrected chi connectivity index (χ4v) is 3.39. The first-order chi connectivity index (χ1) is 16.6. The predicted octanol–water partition coefficient (Wildman–Crippen LogP) is -2.37. The van der Waals surface area contributed by atoms with Crippen molar-refractivity contribution in [3.63, 3.8) is 0 Å². The smallest absolute Gasteiger partial charge is 0.351 e. The van der Waals surface area contributed by atoms with Crippen molar-refractivity contribution in [2.45, 2.75) is 26.2 Å². The number of nitrogens with one attached hydrogen (secondary N) is 1. The van der Waals surface area contributed by atoms with E-state index < -0.39 is 23.9 Å². The molecular formula is C25H34N2O8. The third-order valence-corrected chi connectivity index (χ3v) is 5.22. The first-order valence-corrected chi connectivity index (χ1v) is 11.2. The summed E-state index contributed by atoms with van der Waals surface area (Å²) in [5.74, 6) is -7.47. The van der Waals surface area contributed by atoms with Crippen LogP contribution >= 0.6 is 0 Å². The van der Waals surface area contributed by atoms with Crippen molar-refractivity contribution < 1.29 is 49.8 Å². The first kappa shape index (κ1) is 31.2. The van der Waals surface area contributed by atoms with Gasteiger partial charge in [-0.2, -0.15) is 0 Å². The number of carboxylic acids is 4. The number of allylic oxidation sites excluding steroid dienone is 1. The molecule has 0 aliphatic carbocycles. The van der Waals surface area contributed by atoms with Crippen LogP contribution in [0.2, 0.25) is 0 Å². The second-order valence-corrected chi connectivity index (χ2v) is 7.50. The van der Waals surface area contributed by atoms with Gasteiger partial charge in [-0.1, -0.05) is 48.5 Å². The largest absolute Gasteiger partial charge is 0.539 e. The minimum absolute atomic E-state index is 0.547. The van der Waals surface area contributed by atoms with E-state index in [1.807, 2.05) is 0 Å². The molecule has 0 aliphatic heterocycles. The molecule has 10 heteroatoms. The molecule has 0 heterocycles. The monoisotopic (exact) mass is 490 g/mol. The molecule has 0 fully saturated rings. The number of carbonyl (C=O) groups excluding carboxylic acids is 2. The average Bonchev–Trinajstić information content (AvgIpc) is 2.83. The molecule has 10 nitrogen and oxygen atoms in total. The van der Waals surface area contributed by atoms with Gasteiger partial charge in [-0.15, -0.1) is 6.58 Å². The molecule has 2 rings (SSSR count). The molecule has 0 saturated heterocycles. The normalized spacial score (nSPS) is 10.8. The summed E-state index contributed by atoms with van der Waals surface area (Å²) in [7, 11) is 0. The van der Waals surface area contributed by atoms with Gasteiger partial charge in [0.05, 0.1) is 19.6 Å². The van der Waals surface area contributed by atoms with Gasteiger partial charge in [0.1, 0.15) is 13.1 Å². The van der Waals surface area contributed by atoms with Crippen LogP contribution in [0.5, 0.6) is 0 Å². The molecule has 1 atom stereocenters. The molecule has 0 aliphatic rings. The Morgan fingerprint density at radius 1 is 0.971 bits per heavy atom. The second-order valence-electron chi connectivity index (χ2n) is 7.50. The van der Waals surface area contributed by atoms with Gasteiger partial charge in [0.2, 0.25) is 0 Å². The topological polar surface area (TPSA) is 176 Å². The summed E-state index contributed by atoms with van der Waals surface area (Å²) < 4.78 is 0. The van der Waals surface area contributed by atoms with Crippen molar-refractivity contribution >= 4 is 34.6 Å². The molecule has 0 saturated carbocycles. The van der Waals surface area contributed by atoms with E-state index in [1.54, 1.807) is 4.90 Å². The van der Waals surface area contributed by atoms with Gasteiger partial charge < -0.3 is 40.2 Å². The van der Waals surface area contributed by atoms with Crippen LogP contribution in [0.4, 0.5) is 0 Å². The number of carboxylic acid groups (broad SMARTS) is 4. The van der Waals surface area contributed by atoms with E-state index >= 15 is 0 Å². The quantitative estimate of drug-likeness (QED) is 0.162. The summed E-state index contributed by atoms with van der Waals surface area (Å²) in [6.07, 6.45) is 3.11. The highest BCUT2D eigenvalue weighted by molar-refractivity contribution is 6.26. The lowest BCUT2D eigenvalue weighted by Crippen LogP contribution is -3.14. The molecule has 0 radical (unpaired) electrons. The maximum atomic E-state index is 9.04. The summed E-state index contributed by atoms with van der Waals surface area (Å²) in [4.78, 5) is 37.7. The van der Waals surface area contributed by atoms with Gasteiger partial charge in [0, 0.05) is 5.92 Å². The molecule has 5 N–H and O–H groups in total. The lowest BCUT2D eigenvalue weighted by Gasteiger charge is -2.18. The summed E-state index contributed by atoms with van der Waals surface area (Å²) in [5, 5.41) is 37.9. The lowest BCUT2D eigenvalue weighted by atomic mass is 9.91. The highest BCUT2D eigenvalue weighted by atomic mass is 16.4. The van der Waals surface area contributed by atoms with Crippen molar-refractivity contribution in [2.24, 2.45) is 0 Å². The van der Waals surface area contributed by atoms with Crippen LogP contribution in [0.1, 0.15) is 31.7 Å². The van der Waals surface area contributed by atoms with Crippen LogP contribution in [0, 0.1) is 0 Å². The summed E-state index contributed by atoms with van der Waals surface area (Å²) >= 11 is 0. The van der Waals surface area contributed by atoms with Crippen LogP contribution in [-0.2, 0) is 19.2 Å². The number of hydrogen-bond acceptors (Lipinski definition) is 6. The third kappa shape index (κ3) is 12.9. The van der Waals surface area contributed by atoms with E-state index in [0.29, 0.717) is 5.92 Å². The van der Waals surface area contributed by atoms with Crippen LogP contribution in [0.3, 0.4) is 0 Å². The zero-order valence-electron chi connectivity index (χ0n) is 20.1. The second kappa shape index (κ2) is 17.7. The molecule has 192 valence electrons. The van der Waals surface area contributed by atoms with Crippen molar-refractivity contribution in [3.05, 3.63) is 60.7 Å². The number of carbonyl (C=O) groups is 4. The summed E-state index contributed by atoms with van der Waals surface area (Å²) in [6.45, 7) is 14.6. The molecular weight excluding hydrogens is 456 g/mol. The summed E-state index contributed by atoms with van der Waals surface area (Å²) in [6, 6.07) is 15.4. The number of hydrogen-bond donors (Lipinski definition) is 4. The minimum atomic E-state index is -2.07. The average molecular weight is 491 g/mol. The molecule has 0 bridgehead atoms. The van der Waals surface area contributed by atoms with Crippen molar-refractivity contribution in [2.75, 3.05) is 32.7 Å². The number of fused-ring (bicyclic) bond motifs is 1. The summed E-state index contributed by atoms with van der Waals surface area (Å²) in [5.41, 5.74) is 1.47. The highest BCUT2D eigenvalue weighted by Crippen LogP contribution is 2.27. The Hall–Kier alpha value is -3.76. The highest BCUT2D eigenvalue weighted by Gasteiger charge is 2.15. The number of rotatable bonds is 10. The number of nitrogens with two attached hydrogens (primary N) is 1. The Morgan fingerprint density at radius 3 is 1.97 bits per heavy atom. The Morgan fingerprint density at radius 2 is 1.49 bits per heavy atom. The Labute approximate surface area is 204 Å². The zero-order valence-corrected chi connectivity index (χ0v) is 20.1. The van der Waals surface area contributed by atoms with E-state index in [0.717, 1.165) is 13.0 Å². The number of likely N-dealkylation sites (N-methyl/N-ethyl adjacent to an activating group) is 1. The van der Waals surface area contributed by atoms with Crippen LogP contribution in [0.25, 0.3) is 10.8 Å². The maximum absolute atomic E-state index is 9.04. The van der Waals surface area contributed by atoms with Crippen LogP contribution in [-0.4, -0.2) is 66.8 Å². The van der Waals surface area contributed by atoms with Crippen LogP contribution < -0.4 is 20.4 Å².